The van der Waals surface area contributed by atoms with E-state index in [1.807, 2.05) is 0 Å². The van der Waals surface area contributed by atoms with Gasteiger partial charge in [-0.1, -0.05) is 18.2 Å². The van der Waals surface area contributed by atoms with Crippen LogP contribution in [0.5, 0.6) is 0 Å². The Morgan fingerprint density at radius 2 is 1.78 bits per heavy atom. The maximum absolute atomic E-state index is 12.5. The van der Waals surface area contributed by atoms with Crippen LogP contribution in [-0.4, -0.2) is 31.0 Å². The third kappa shape index (κ3) is 3.34. The molecule has 0 aliphatic heterocycles. The fraction of sp³-hybridized carbons (Fsp3) is 0.125. The lowest BCUT2D eigenvalue weighted by Crippen LogP contribution is -2.27. The smallest absolute Gasteiger partial charge is 0.338 e. The quantitative estimate of drug-likeness (QED) is 0.491. The van der Waals surface area contributed by atoms with Crippen LogP contribution in [0.25, 0.3) is 0 Å². The summed E-state index contributed by atoms with van der Waals surface area (Å²) >= 11 is 0. The molecule has 2 aromatic rings. The maximum atomic E-state index is 12.5. The highest BCUT2D eigenvalue weighted by Gasteiger charge is 2.25. The van der Waals surface area contributed by atoms with Gasteiger partial charge in [0, 0.05) is 18.8 Å². The number of benzene rings is 2. The summed E-state index contributed by atoms with van der Waals surface area (Å²) in [5, 5.41) is 11.2. The molecule has 0 aliphatic rings. The normalized spacial score (nSPS) is 10.0. The van der Waals surface area contributed by atoms with Crippen molar-refractivity contribution >= 4 is 23.3 Å². The first-order valence-corrected chi connectivity index (χ1v) is 6.65. The van der Waals surface area contributed by atoms with Gasteiger partial charge in [-0.05, 0) is 24.3 Å². The van der Waals surface area contributed by atoms with Crippen LogP contribution in [0, 0.1) is 10.1 Å². The minimum absolute atomic E-state index is 0.0121. The van der Waals surface area contributed by atoms with Crippen LogP contribution < -0.4 is 4.90 Å². The number of carbonyl (C=O) groups is 2. The van der Waals surface area contributed by atoms with Crippen molar-refractivity contribution in [1.29, 1.82) is 0 Å². The highest BCUT2D eigenvalue weighted by atomic mass is 16.6. The molecule has 0 unspecified atom stereocenters. The van der Waals surface area contributed by atoms with Gasteiger partial charge in [-0.3, -0.25) is 14.9 Å². The van der Waals surface area contributed by atoms with Crippen LogP contribution in [0.2, 0.25) is 0 Å². The second kappa shape index (κ2) is 6.69. The Balaban J connectivity index is 2.44. The van der Waals surface area contributed by atoms with E-state index in [0.717, 1.165) is 6.07 Å². The summed E-state index contributed by atoms with van der Waals surface area (Å²) in [6.45, 7) is 0. The van der Waals surface area contributed by atoms with E-state index < -0.39 is 22.5 Å². The molecular formula is C16H14N2O5. The SMILES string of the molecule is COC(=O)c1ccc(C(=O)N(C)c2ccccc2)c([N+](=O)[O-])c1. The first-order valence-electron chi connectivity index (χ1n) is 6.65. The number of amides is 1. The Morgan fingerprint density at radius 3 is 2.35 bits per heavy atom. The lowest BCUT2D eigenvalue weighted by Gasteiger charge is -2.17. The first kappa shape index (κ1) is 16.2. The molecule has 0 atom stereocenters. The number of hydrogen-bond donors (Lipinski definition) is 0. The van der Waals surface area contributed by atoms with Crippen molar-refractivity contribution in [2.75, 3.05) is 19.1 Å². The van der Waals surface area contributed by atoms with E-state index in [4.69, 9.17) is 0 Å². The third-order valence-corrected chi connectivity index (χ3v) is 3.29. The number of carbonyl (C=O) groups excluding carboxylic acids is 2. The van der Waals surface area contributed by atoms with Gasteiger partial charge >= 0.3 is 5.97 Å². The highest BCUT2D eigenvalue weighted by Crippen LogP contribution is 2.24. The van der Waals surface area contributed by atoms with Gasteiger partial charge in [0.25, 0.3) is 11.6 Å². The molecule has 0 N–H and O–H groups in total. The second-order valence-corrected chi connectivity index (χ2v) is 4.68. The first-order chi connectivity index (χ1) is 11.0. The lowest BCUT2D eigenvalue weighted by atomic mass is 10.1. The van der Waals surface area contributed by atoms with Gasteiger partial charge in [-0.2, -0.15) is 0 Å². The van der Waals surface area contributed by atoms with Crippen LogP contribution in [0.4, 0.5) is 11.4 Å². The number of anilines is 1. The van der Waals surface area contributed by atoms with Gasteiger partial charge in [0.2, 0.25) is 0 Å². The predicted octanol–water partition coefficient (Wildman–Crippen LogP) is 2.66. The number of para-hydroxylation sites is 1. The van der Waals surface area contributed by atoms with Crippen molar-refractivity contribution in [3.63, 3.8) is 0 Å². The highest BCUT2D eigenvalue weighted by molar-refractivity contribution is 6.09. The fourth-order valence-electron chi connectivity index (χ4n) is 2.06. The molecule has 0 aromatic heterocycles. The molecule has 1 amide bonds. The summed E-state index contributed by atoms with van der Waals surface area (Å²) in [5.41, 5.74) is 0.0663. The monoisotopic (exact) mass is 314 g/mol. The van der Waals surface area contributed by atoms with Crippen molar-refractivity contribution in [3.05, 3.63) is 69.8 Å². The molecule has 7 heteroatoms. The summed E-state index contributed by atoms with van der Waals surface area (Å²) < 4.78 is 4.53. The Kier molecular flexibility index (Phi) is 4.70. The zero-order valence-electron chi connectivity index (χ0n) is 12.6. The molecule has 0 spiro atoms. The standard InChI is InChI=1S/C16H14N2O5/c1-17(12-6-4-3-5-7-12)15(19)13-9-8-11(16(20)23-2)10-14(13)18(21)22/h3-10H,1-2H3. The van der Waals surface area contributed by atoms with E-state index in [9.17, 15) is 19.7 Å². The van der Waals surface area contributed by atoms with Crippen molar-refractivity contribution in [1.82, 2.24) is 0 Å². The van der Waals surface area contributed by atoms with Gasteiger partial charge in [-0.25, -0.2) is 4.79 Å². The number of ether oxygens (including phenoxy) is 1. The Labute approximate surface area is 132 Å². The molecule has 2 aromatic carbocycles. The molecule has 0 heterocycles. The zero-order valence-corrected chi connectivity index (χ0v) is 12.6. The molecule has 23 heavy (non-hydrogen) atoms. The van der Waals surface area contributed by atoms with E-state index in [0.29, 0.717) is 5.69 Å². The van der Waals surface area contributed by atoms with Crippen molar-refractivity contribution in [2.45, 2.75) is 0 Å². The van der Waals surface area contributed by atoms with Crippen molar-refractivity contribution < 1.29 is 19.2 Å². The molecule has 0 fully saturated rings. The molecular weight excluding hydrogens is 300 g/mol. The van der Waals surface area contributed by atoms with E-state index in [1.165, 1.54) is 31.2 Å². The van der Waals surface area contributed by atoms with Crippen molar-refractivity contribution in [2.24, 2.45) is 0 Å². The number of esters is 1. The van der Waals surface area contributed by atoms with Gasteiger partial charge in [0.05, 0.1) is 17.6 Å². The van der Waals surface area contributed by atoms with E-state index >= 15 is 0 Å². The minimum atomic E-state index is -0.705. The van der Waals surface area contributed by atoms with E-state index in [-0.39, 0.29) is 11.1 Å². The van der Waals surface area contributed by atoms with E-state index in [1.54, 1.807) is 30.3 Å². The molecule has 0 saturated heterocycles. The molecule has 0 radical (unpaired) electrons. The van der Waals surface area contributed by atoms with Crippen LogP contribution in [0.1, 0.15) is 20.7 Å². The number of hydrogen-bond acceptors (Lipinski definition) is 5. The molecule has 118 valence electrons. The van der Waals surface area contributed by atoms with Gasteiger partial charge < -0.3 is 9.64 Å². The van der Waals surface area contributed by atoms with Crippen molar-refractivity contribution in [3.8, 4) is 0 Å². The molecule has 7 nitrogen and oxygen atoms in total. The Hall–Kier alpha value is -3.22. The summed E-state index contributed by atoms with van der Waals surface area (Å²) in [6.07, 6.45) is 0. The summed E-state index contributed by atoms with van der Waals surface area (Å²) in [7, 11) is 2.70. The zero-order chi connectivity index (χ0) is 17.0. The number of nitrogens with zero attached hydrogens (tertiary/aromatic N) is 2. The average Bonchev–Trinajstić information content (AvgIpc) is 2.59. The summed E-state index contributed by atoms with van der Waals surface area (Å²) in [6, 6.07) is 12.4. The van der Waals surface area contributed by atoms with Crippen LogP contribution in [0.3, 0.4) is 0 Å². The largest absolute Gasteiger partial charge is 0.465 e. The van der Waals surface area contributed by atoms with Gasteiger partial charge in [0.15, 0.2) is 0 Å². The average molecular weight is 314 g/mol. The van der Waals surface area contributed by atoms with Gasteiger partial charge in [-0.15, -0.1) is 0 Å². The fourth-order valence-corrected chi connectivity index (χ4v) is 2.06. The summed E-state index contributed by atoms with van der Waals surface area (Å²) in [4.78, 5) is 35.9. The third-order valence-electron chi connectivity index (χ3n) is 3.29. The number of nitro groups is 1. The predicted molar refractivity (Wildman–Crippen MR) is 83.6 cm³/mol. The molecule has 0 saturated carbocycles. The van der Waals surface area contributed by atoms with Crippen LogP contribution >= 0.6 is 0 Å². The molecule has 2 rings (SSSR count). The minimum Gasteiger partial charge on any atom is -0.465 e. The van der Waals surface area contributed by atoms with Crippen LogP contribution in [-0.2, 0) is 4.74 Å². The van der Waals surface area contributed by atoms with Gasteiger partial charge in [0.1, 0.15) is 5.56 Å². The number of rotatable bonds is 4. The molecule has 0 aliphatic carbocycles. The molecule has 0 bridgehead atoms. The summed E-state index contributed by atoms with van der Waals surface area (Å²) in [5.74, 6) is -1.25. The Morgan fingerprint density at radius 1 is 1.13 bits per heavy atom. The Bertz CT molecular complexity index is 758. The maximum Gasteiger partial charge on any atom is 0.338 e. The second-order valence-electron chi connectivity index (χ2n) is 4.68. The van der Waals surface area contributed by atoms with E-state index in [2.05, 4.69) is 4.74 Å². The topological polar surface area (TPSA) is 89.8 Å². The van der Waals surface area contributed by atoms with Crippen LogP contribution in [0.15, 0.2) is 48.5 Å². The number of nitro benzene ring substituents is 1. The number of methoxy groups -OCH3 is 1. The lowest BCUT2D eigenvalue weighted by molar-refractivity contribution is -0.385.